The Morgan fingerprint density at radius 1 is 1.20 bits per heavy atom. The molecule has 0 aromatic heterocycles. The number of hydrogen-bond acceptors (Lipinski definition) is 13. The van der Waals surface area contributed by atoms with Gasteiger partial charge >= 0.3 is 11.9 Å². The summed E-state index contributed by atoms with van der Waals surface area (Å²) in [6, 6.07) is 0. The Labute approximate surface area is 238 Å². The van der Waals surface area contributed by atoms with Crippen LogP contribution in [0.15, 0.2) is 36.6 Å². The van der Waals surface area contributed by atoms with Crippen molar-refractivity contribution in [2.24, 2.45) is 23.7 Å². The first-order chi connectivity index (χ1) is 19.7. The molecule has 232 valence electrons. The molecule has 3 rings (SSSR count). The van der Waals surface area contributed by atoms with E-state index in [1.54, 1.807) is 13.1 Å². The minimum atomic E-state index is -1.45. The van der Waals surface area contributed by atoms with E-state index in [1.165, 1.54) is 19.4 Å². The number of aliphatic hydroxyl groups is 4. The monoisotopic (exact) mass is 586 g/mol. The maximum absolute atomic E-state index is 12.7. The van der Waals surface area contributed by atoms with E-state index >= 15 is 0 Å². The number of aliphatic carboxylic acids is 1. The lowest BCUT2D eigenvalue weighted by Crippen LogP contribution is -2.61. The van der Waals surface area contributed by atoms with Crippen LogP contribution in [-0.2, 0) is 33.3 Å². The van der Waals surface area contributed by atoms with Crippen molar-refractivity contribution < 1.29 is 58.8 Å². The first-order valence-corrected chi connectivity index (χ1v) is 13.5. The predicted octanol–water partition coefficient (Wildman–Crippen LogP) is -1.59. The Bertz CT molecular complexity index is 945. The molecule has 3 aliphatic heterocycles. The highest BCUT2D eigenvalue weighted by molar-refractivity contribution is 5.89. The number of β-amino-alcohol motifs (C(OH)–C–C–N with tert-alkyl or cyclic N) is 1. The van der Waals surface area contributed by atoms with Gasteiger partial charge < -0.3 is 49.2 Å². The fourth-order valence-electron chi connectivity index (χ4n) is 5.41. The number of methoxy groups -OCH3 is 1. The number of piperidine rings is 1. The van der Waals surface area contributed by atoms with Gasteiger partial charge in [-0.25, -0.2) is 4.79 Å². The Morgan fingerprint density at radius 3 is 2.56 bits per heavy atom. The third-order valence-electron chi connectivity index (χ3n) is 7.54. The number of likely N-dealkylation sites (tertiary alicyclic amines) is 1. The second kappa shape index (κ2) is 15.7. The molecule has 6 N–H and O–H groups in total. The highest BCUT2D eigenvalue weighted by atomic mass is 16.8. The summed E-state index contributed by atoms with van der Waals surface area (Å²) >= 11 is 0. The summed E-state index contributed by atoms with van der Waals surface area (Å²) in [5.41, 5.74) is 0.183. The lowest BCUT2D eigenvalue weighted by Gasteiger charge is -2.44. The summed E-state index contributed by atoms with van der Waals surface area (Å²) in [5, 5.41) is 52.4. The third-order valence-corrected chi connectivity index (χ3v) is 7.54. The van der Waals surface area contributed by atoms with Crippen molar-refractivity contribution in [2.45, 2.75) is 43.4 Å². The average molecular weight is 587 g/mol. The van der Waals surface area contributed by atoms with Crippen LogP contribution < -0.4 is 5.32 Å². The molecule has 14 heteroatoms. The molecule has 14 nitrogen and oxygen atoms in total. The maximum atomic E-state index is 12.7. The largest absolute Gasteiger partial charge is 0.481 e. The number of carboxylic acid groups (broad SMARTS) is 1. The van der Waals surface area contributed by atoms with Gasteiger partial charge in [-0.1, -0.05) is 18.2 Å². The number of carboxylic acids is 1. The molecule has 2 unspecified atom stereocenters. The topological polar surface area (TPSA) is 197 Å². The highest BCUT2D eigenvalue weighted by Crippen LogP contribution is 2.37. The molecule has 0 aromatic carbocycles. The standard InChI is InChI=1S/C27H42N2O12/c1-4-17-18(6-5-15-9-16(24(34)35)11-29(10-15)7-8-30)19(25(36)37-3)13-38-26(17)41-27-23(39-14-28-2)22(33)21(32)20(12-31)40-27/h4-6,13,15-18,20-23,26-28,30-33H,1,7-12,14H2,2-3H3,(H,34,35)/t15?,16?,17-,18+,20-,21-,22+,23+,26-,27+/m1/s1. The summed E-state index contributed by atoms with van der Waals surface area (Å²) in [6.07, 6.45) is -0.790. The zero-order chi connectivity index (χ0) is 30.1. The van der Waals surface area contributed by atoms with Crippen LogP contribution in [-0.4, -0.2) is 133 Å². The summed E-state index contributed by atoms with van der Waals surface area (Å²) in [7, 11) is 2.86. The van der Waals surface area contributed by atoms with Gasteiger partial charge in [-0.05, 0) is 19.4 Å². The number of allylic oxidation sites excluding steroid dienone is 1. The average Bonchev–Trinajstić information content (AvgIpc) is 2.97. The number of rotatable bonds is 13. The number of nitrogens with one attached hydrogen (secondary N) is 1. The molecule has 3 heterocycles. The van der Waals surface area contributed by atoms with Crippen LogP contribution in [0.25, 0.3) is 0 Å². The zero-order valence-corrected chi connectivity index (χ0v) is 23.3. The van der Waals surface area contributed by atoms with Crippen molar-refractivity contribution in [1.29, 1.82) is 0 Å². The predicted molar refractivity (Wildman–Crippen MR) is 142 cm³/mol. The molecule has 0 aromatic rings. The first-order valence-electron chi connectivity index (χ1n) is 13.5. The molecule has 0 bridgehead atoms. The number of carbonyl (C=O) groups excluding carboxylic acids is 1. The van der Waals surface area contributed by atoms with Crippen molar-refractivity contribution >= 4 is 11.9 Å². The fourth-order valence-corrected chi connectivity index (χ4v) is 5.41. The Morgan fingerprint density at radius 2 is 1.95 bits per heavy atom. The molecule has 10 atom stereocenters. The van der Waals surface area contributed by atoms with Crippen molar-refractivity contribution in [3.8, 4) is 0 Å². The Kier molecular flexibility index (Phi) is 12.7. The summed E-state index contributed by atoms with van der Waals surface area (Å²) in [4.78, 5) is 26.3. The van der Waals surface area contributed by atoms with E-state index in [2.05, 4.69) is 11.9 Å². The van der Waals surface area contributed by atoms with Crippen LogP contribution in [0.5, 0.6) is 0 Å². The first kappa shape index (κ1) is 33.1. The number of carbonyl (C=O) groups is 2. The van der Waals surface area contributed by atoms with E-state index in [0.717, 1.165) is 0 Å². The van der Waals surface area contributed by atoms with E-state index < -0.39 is 73.3 Å². The maximum Gasteiger partial charge on any atom is 0.337 e. The van der Waals surface area contributed by atoms with Gasteiger partial charge in [-0.2, -0.15) is 0 Å². The second-order valence-corrected chi connectivity index (χ2v) is 10.3. The molecule has 3 aliphatic rings. The molecule has 2 saturated heterocycles. The summed E-state index contributed by atoms with van der Waals surface area (Å²) in [6.45, 7) is 4.42. The van der Waals surface area contributed by atoms with E-state index in [9.17, 15) is 35.1 Å². The minimum Gasteiger partial charge on any atom is -0.481 e. The number of ether oxygens (including phenoxy) is 5. The van der Waals surface area contributed by atoms with Gasteiger partial charge in [0.2, 0.25) is 6.29 Å². The molecular weight excluding hydrogens is 544 g/mol. The van der Waals surface area contributed by atoms with Crippen LogP contribution in [0.3, 0.4) is 0 Å². The van der Waals surface area contributed by atoms with Crippen LogP contribution >= 0.6 is 0 Å². The molecular formula is C27H42N2O12. The van der Waals surface area contributed by atoms with Gasteiger partial charge in [0.1, 0.15) is 24.4 Å². The molecule has 41 heavy (non-hydrogen) atoms. The van der Waals surface area contributed by atoms with Gasteiger partial charge in [-0.3, -0.25) is 15.0 Å². The SMILES string of the molecule is C=C[C@H]1[C@@H](O[C@@H]2O[C@H](CO)[C@@H](O)[C@H](O)[C@@H]2OCNC)OC=C(C(=O)OC)[C@H]1C=CC1CC(C(=O)O)CN(CCO)C1. The van der Waals surface area contributed by atoms with Gasteiger partial charge in [0.25, 0.3) is 0 Å². The number of esters is 1. The van der Waals surface area contributed by atoms with Crippen LogP contribution in [0.1, 0.15) is 6.42 Å². The molecule has 0 aliphatic carbocycles. The lowest BCUT2D eigenvalue weighted by atomic mass is 9.81. The minimum absolute atomic E-state index is 0.00163. The molecule has 0 spiro atoms. The van der Waals surface area contributed by atoms with Gasteiger partial charge in [0, 0.05) is 25.6 Å². The van der Waals surface area contributed by atoms with Gasteiger partial charge in [-0.15, -0.1) is 6.58 Å². The molecule has 0 amide bonds. The molecule has 0 radical (unpaired) electrons. The van der Waals surface area contributed by atoms with Crippen molar-refractivity contribution in [3.63, 3.8) is 0 Å². The number of aliphatic hydroxyl groups excluding tert-OH is 4. The Balaban J connectivity index is 1.87. The zero-order valence-electron chi connectivity index (χ0n) is 23.3. The van der Waals surface area contributed by atoms with Crippen LogP contribution in [0.2, 0.25) is 0 Å². The molecule has 2 fully saturated rings. The van der Waals surface area contributed by atoms with E-state index in [4.69, 9.17) is 23.7 Å². The lowest BCUT2D eigenvalue weighted by molar-refractivity contribution is -0.345. The summed E-state index contributed by atoms with van der Waals surface area (Å²) < 4.78 is 28.1. The van der Waals surface area contributed by atoms with E-state index in [-0.39, 0.29) is 24.8 Å². The quantitative estimate of drug-likeness (QED) is 0.0820. The smallest absolute Gasteiger partial charge is 0.337 e. The van der Waals surface area contributed by atoms with Crippen molar-refractivity contribution in [3.05, 3.63) is 36.6 Å². The Hall–Kier alpha value is -2.40. The fraction of sp³-hybridized carbons (Fsp3) is 0.704. The van der Waals surface area contributed by atoms with Gasteiger partial charge in [0.05, 0.1) is 50.7 Å². The van der Waals surface area contributed by atoms with E-state index in [1.807, 2.05) is 11.0 Å². The van der Waals surface area contributed by atoms with Gasteiger partial charge in [0.15, 0.2) is 6.29 Å². The van der Waals surface area contributed by atoms with Crippen molar-refractivity contribution in [2.75, 3.05) is 53.7 Å². The van der Waals surface area contributed by atoms with Crippen molar-refractivity contribution in [1.82, 2.24) is 10.2 Å². The molecule has 0 saturated carbocycles. The highest BCUT2D eigenvalue weighted by Gasteiger charge is 2.48. The number of hydrogen-bond donors (Lipinski definition) is 6. The normalized spacial score (nSPS) is 36.4. The number of nitrogens with zero attached hydrogens (tertiary/aromatic N) is 1. The van der Waals surface area contributed by atoms with E-state index in [0.29, 0.717) is 26.1 Å². The summed E-state index contributed by atoms with van der Waals surface area (Å²) in [5.74, 6) is -3.67. The third kappa shape index (κ3) is 8.12. The van der Waals surface area contributed by atoms with Crippen LogP contribution in [0.4, 0.5) is 0 Å². The second-order valence-electron chi connectivity index (χ2n) is 10.3. The van der Waals surface area contributed by atoms with Crippen LogP contribution in [0, 0.1) is 23.7 Å².